The van der Waals surface area contributed by atoms with Crippen molar-refractivity contribution in [2.45, 2.75) is 102 Å². The van der Waals surface area contributed by atoms with Gasteiger partial charge in [0.2, 0.25) is 0 Å². The maximum Gasteiger partial charge on any atom is 0.114 e. The SMILES string of the molecule is C/C=C/CCCCCCCCCCCCOC[C@@H](O)[C@H]1OC[C@H](O)[C@H]1O. The predicted octanol–water partition coefficient (Wildman–Crippen LogP) is 3.35. The fourth-order valence-electron chi connectivity index (χ4n) is 3.31. The Morgan fingerprint density at radius 1 is 0.962 bits per heavy atom. The van der Waals surface area contributed by atoms with Crippen molar-refractivity contribution in [3.8, 4) is 0 Å². The van der Waals surface area contributed by atoms with Crippen molar-refractivity contribution in [1.82, 2.24) is 0 Å². The molecule has 154 valence electrons. The molecule has 1 aliphatic rings. The van der Waals surface area contributed by atoms with Crippen LogP contribution in [0.25, 0.3) is 0 Å². The van der Waals surface area contributed by atoms with E-state index in [0.717, 1.165) is 12.8 Å². The molecule has 4 atom stereocenters. The minimum absolute atomic E-state index is 0.0685. The van der Waals surface area contributed by atoms with Gasteiger partial charge in [0.1, 0.15) is 24.4 Å². The minimum atomic E-state index is -1.03. The summed E-state index contributed by atoms with van der Waals surface area (Å²) in [6, 6.07) is 0. The van der Waals surface area contributed by atoms with Crippen LogP contribution in [-0.4, -0.2) is 59.6 Å². The minimum Gasteiger partial charge on any atom is -0.388 e. The second-order valence-electron chi connectivity index (χ2n) is 7.39. The fourth-order valence-corrected chi connectivity index (χ4v) is 3.31. The van der Waals surface area contributed by atoms with Crippen molar-refractivity contribution in [2.75, 3.05) is 19.8 Å². The summed E-state index contributed by atoms with van der Waals surface area (Å²) < 4.78 is 10.6. The summed E-state index contributed by atoms with van der Waals surface area (Å²) in [5, 5.41) is 29.0. The van der Waals surface area contributed by atoms with Gasteiger partial charge in [0.15, 0.2) is 0 Å². The molecule has 0 amide bonds. The molecule has 0 saturated carbocycles. The summed E-state index contributed by atoms with van der Waals surface area (Å²) in [5.41, 5.74) is 0. The largest absolute Gasteiger partial charge is 0.388 e. The maximum atomic E-state index is 9.92. The number of unbranched alkanes of at least 4 members (excludes halogenated alkanes) is 10. The van der Waals surface area contributed by atoms with Crippen LogP contribution in [0.5, 0.6) is 0 Å². The number of hydrogen-bond donors (Lipinski definition) is 3. The molecule has 0 bridgehead atoms. The molecule has 1 fully saturated rings. The van der Waals surface area contributed by atoms with Gasteiger partial charge >= 0.3 is 0 Å². The van der Waals surface area contributed by atoms with Crippen LogP contribution in [0.3, 0.4) is 0 Å². The molecule has 3 N–H and O–H groups in total. The Morgan fingerprint density at radius 2 is 1.54 bits per heavy atom. The normalized spacial score (nSPS) is 24.5. The van der Waals surface area contributed by atoms with Crippen LogP contribution in [0.2, 0.25) is 0 Å². The van der Waals surface area contributed by atoms with Crippen molar-refractivity contribution in [3.63, 3.8) is 0 Å². The molecular formula is C21H40O5. The van der Waals surface area contributed by atoms with Crippen LogP contribution in [0, 0.1) is 0 Å². The summed E-state index contributed by atoms with van der Waals surface area (Å²) in [6.07, 6.45) is 14.8. The molecule has 5 heteroatoms. The van der Waals surface area contributed by atoms with Crippen molar-refractivity contribution in [2.24, 2.45) is 0 Å². The van der Waals surface area contributed by atoms with Crippen LogP contribution >= 0.6 is 0 Å². The van der Waals surface area contributed by atoms with Crippen LogP contribution in [0.4, 0.5) is 0 Å². The molecule has 5 nitrogen and oxygen atoms in total. The van der Waals surface area contributed by atoms with Crippen molar-refractivity contribution >= 4 is 0 Å². The lowest BCUT2D eigenvalue weighted by Crippen LogP contribution is -2.40. The van der Waals surface area contributed by atoms with Crippen LogP contribution in [-0.2, 0) is 9.47 Å². The van der Waals surface area contributed by atoms with Gasteiger partial charge in [-0.25, -0.2) is 0 Å². The van der Waals surface area contributed by atoms with E-state index in [-0.39, 0.29) is 13.2 Å². The smallest absolute Gasteiger partial charge is 0.114 e. The first-order valence-corrected chi connectivity index (χ1v) is 10.5. The van der Waals surface area contributed by atoms with E-state index < -0.39 is 24.4 Å². The number of aliphatic hydroxyl groups is 3. The third-order valence-corrected chi connectivity index (χ3v) is 5.00. The maximum absolute atomic E-state index is 9.92. The lowest BCUT2D eigenvalue weighted by Gasteiger charge is -2.20. The zero-order valence-electron chi connectivity index (χ0n) is 16.5. The van der Waals surface area contributed by atoms with E-state index in [1.54, 1.807) is 0 Å². The molecule has 26 heavy (non-hydrogen) atoms. The van der Waals surface area contributed by atoms with Crippen LogP contribution < -0.4 is 0 Å². The van der Waals surface area contributed by atoms with Crippen molar-refractivity contribution in [1.29, 1.82) is 0 Å². The highest BCUT2D eigenvalue weighted by atomic mass is 16.5. The Bertz CT molecular complexity index is 347. The highest BCUT2D eigenvalue weighted by Gasteiger charge is 2.39. The number of hydrogen-bond acceptors (Lipinski definition) is 5. The van der Waals surface area contributed by atoms with E-state index >= 15 is 0 Å². The van der Waals surface area contributed by atoms with Gasteiger partial charge in [-0.3, -0.25) is 0 Å². The third-order valence-electron chi connectivity index (χ3n) is 5.00. The van der Waals surface area contributed by atoms with Gasteiger partial charge in [0.25, 0.3) is 0 Å². The van der Waals surface area contributed by atoms with Crippen LogP contribution in [0.15, 0.2) is 12.2 Å². The molecule has 1 saturated heterocycles. The molecule has 1 heterocycles. The van der Waals surface area contributed by atoms with Gasteiger partial charge in [0.05, 0.1) is 13.2 Å². The van der Waals surface area contributed by atoms with Gasteiger partial charge in [-0.15, -0.1) is 0 Å². The summed E-state index contributed by atoms with van der Waals surface area (Å²) in [7, 11) is 0. The summed E-state index contributed by atoms with van der Waals surface area (Å²) in [4.78, 5) is 0. The highest BCUT2D eigenvalue weighted by Crippen LogP contribution is 2.18. The molecule has 0 unspecified atom stereocenters. The van der Waals surface area contributed by atoms with Gasteiger partial charge < -0.3 is 24.8 Å². The van der Waals surface area contributed by atoms with Crippen molar-refractivity contribution < 1.29 is 24.8 Å². The fraction of sp³-hybridized carbons (Fsp3) is 0.905. The molecule has 0 aromatic rings. The number of rotatable bonds is 16. The number of aliphatic hydroxyl groups excluding tert-OH is 3. The lowest BCUT2D eigenvalue weighted by molar-refractivity contribution is -0.0813. The molecule has 0 aliphatic carbocycles. The van der Waals surface area contributed by atoms with E-state index in [1.807, 2.05) is 0 Å². The monoisotopic (exact) mass is 372 g/mol. The molecule has 0 spiro atoms. The first-order valence-electron chi connectivity index (χ1n) is 10.5. The first kappa shape index (κ1) is 23.6. The summed E-state index contributed by atoms with van der Waals surface area (Å²) in [5.74, 6) is 0. The average Bonchev–Trinajstić information content (AvgIpc) is 2.97. The number of allylic oxidation sites excluding steroid dienone is 2. The lowest BCUT2D eigenvalue weighted by atomic mass is 10.1. The molecule has 0 radical (unpaired) electrons. The Balaban J connectivity index is 1.80. The topological polar surface area (TPSA) is 79.2 Å². The zero-order valence-corrected chi connectivity index (χ0v) is 16.5. The molecular weight excluding hydrogens is 332 g/mol. The Hall–Kier alpha value is -0.460. The Morgan fingerprint density at radius 3 is 2.08 bits per heavy atom. The predicted molar refractivity (Wildman–Crippen MR) is 104 cm³/mol. The average molecular weight is 373 g/mol. The van der Waals surface area contributed by atoms with Gasteiger partial charge in [-0.05, 0) is 26.2 Å². The van der Waals surface area contributed by atoms with Gasteiger partial charge in [-0.2, -0.15) is 0 Å². The molecule has 0 aromatic heterocycles. The summed E-state index contributed by atoms with van der Waals surface area (Å²) in [6.45, 7) is 2.91. The van der Waals surface area contributed by atoms with Crippen molar-refractivity contribution in [3.05, 3.63) is 12.2 Å². The van der Waals surface area contributed by atoms with E-state index in [4.69, 9.17) is 9.47 Å². The van der Waals surface area contributed by atoms with E-state index in [1.165, 1.54) is 57.8 Å². The van der Waals surface area contributed by atoms with E-state index in [9.17, 15) is 15.3 Å². The van der Waals surface area contributed by atoms with Gasteiger partial charge in [-0.1, -0.05) is 63.5 Å². The zero-order chi connectivity index (χ0) is 19.0. The Labute approximate surface area is 159 Å². The number of ether oxygens (including phenoxy) is 2. The quantitative estimate of drug-likeness (QED) is 0.286. The van der Waals surface area contributed by atoms with Gasteiger partial charge in [0, 0.05) is 6.61 Å². The van der Waals surface area contributed by atoms with E-state index in [0.29, 0.717) is 6.61 Å². The second kappa shape index (κ2) is 15.6. The summed E-state index contributed by atoms with van der Waals surface area (Å²) >= 11 is 0. The molecule has 1 aliphatic heterocycles. The van der Waals surface area contributed by atoms with Crippen LogP contribution in [0.1, 0.15) is 77.6 Å². The highest BCUT2D eigenvalue weighted by molar-refractivity contribution is 4.87. The second-order valence-corrected chi connectivity index (χ2v) is 7.39. The molecule has 0 aromatic carbocycles. The van der Waals surface area contributed by atoms with E-state index in [2.05, 4.69) is 19.1 Å². The standard InChI is InChI=1S/C21H40O5/c1-2-3-4-5-6-7-8-9-10-11-12-13-14-15-25-16-19(23)21-20(24)18(22)17-26-21/h2-3,18-24H,4-17H2,1H3/b3-2+/t18-,19+,20+,21+/m0/s1. The third kappa shape index (κ3) is 10.6. The molecule has 1 rings (SSSR count). The first-order chi connectivity index (χ1) is 12.7. The Kier molecular flexibility index (Phi) is 14.1.